The molecule has 2 nitrogen and oxygen atoms in total. The van der Waals surface area contributed by atoms with E-state index in [2.05, 4.69) is 68.4 Å². The van der Waals surface area contributed by atoms with E-state index < -0.39 is 0 Å². The third-order valence-corrected chi connectivity index (χ3v) is 12.4. The molecule has 53 heavy (non-hydrogen) atoms. The molecular weight excluding hydrogens is 652 g/mol. The molecule has 3 aromatic carbocycles. The molecule has 3 aromatic rings. The molecule has 2 aliphatic rings. The molecule has 0 aromatic heterocycles. The molecule has 0 atom stereocenters. The van der Waals surface area contributed by atoms with Crippen LogP contribution in [0.1, 0.15) is 166 Å². The molecule has 0 N–H and O–H groups in total. The van der Waals surface area contributed by atoms with Gasteiger partial charge >= 0.3 is 0 Å². The summed E-state index contributed by atoms with van der Waals surface area (Å²) in [4.78, 5) is 0. The van der Waals surface area contributed by atoms with Crippen molar-refractivity contribution >= 4 is 0 Å². The fraction of sp³-hybridized carbons (Fsp3) is 0.640. The Labute approximate surface area is 324 Å². The maximum Gasteiger partial charge on any atom is 0.124 e. The molecule has 0 aliphatic heterocycles. The molecule has 2 saturated carbocycles. The molecule has 5 rings (SSSR count). The lowest BCUT2D eigenvalue weighted by molar-refractivity contribution is 0.0152. The highest BCUT2D eigenvalue weighted by atomic mass is 19.1. The zero-order valence-electron chi connectivity index (χ0n) is 33.7. The number of ether oxygens (including phenoxy) is 2. The van der Waals surface area contributed by atoms with Crippen LogP contribution in [-0.2, 0) is 22.3 Å². The van der Waals surface area contributed by atoms with Gasteiger partial charge in [0.05, 0.1) is 12.2 Å². The predicted octanol–water partition coefficient (Wildman–Crippen LogP) is 14.9. The minimum absolute atomic E-state index is 0.177. The summed E-state index contributed by atoms with van der Waals surface area (Å²) in [5, 5.41) is 0. The third kappa shape index (κ3) is 15.3. The Morgan fingerprint density at radius 1 is 0.453 bits per heavy atom. The van der Waals surface area contributed by atoms with E-state index in [1.807, 2.05) is 0 Å². The van der Waals surface area contributed by atoms with Crippen LogP contribution in [0.2, 0.25) is 0 Å². The van der Waals surface area contributed by atoms with Crippen molar-refractivity contribution < 1.29 is 13.9 Å². The average Bonchev–Trinajstić information content (AvgIpc) is 3.19. The smallest absolute Gasteiger partial charge is 0.124 e. The van der Waals surface area contributed by atoms with E-state index in [1.165, 1.54) is 152 Å². The first-order valence-corrected chi connectivity index (χ1v) is 22.3. The zero-order valence-corrected chi connectivity index (χ0v) is 33.7. The van der Waals surface area contributed by atoms with Gasteiger partial charge in [0.15, 0.2) is 0 Å². The van der Waals surface area contributed by atoms with E-state index in [9.17, 15) is 4.39 Å². The second-order valence-corrected chi connectivity index (χ2v) is 16.8. The normalized spacial score (nSPS) is 20.5. The van der Waals surface area contributed by atoms with Crippen LogP contribution in [0.3, 0.4) is 0 Å². The van der Waals surface area contributed by atoms with Crippen molar-refractivity contribution in [3.63, 3.8) is 0 Å². The van der Waals surface area contributed by atoms with E-state index >= 15 is 0 Å². The van der Waals surface area contributed by atoms with E-state index in [-0.39, 0.29) is 5.82 Å². The Hall–Kier alpha value is -2.49. The van der Waals surface area contributed by atoms with E-state index in [4.69, 9.17) is 9.47 Å². The number of unbranched alkanes of at least 4 members (excludes halogenated alkanes) is 10. The fourth-order valence-electron chi connectivity index (χ4n) is 8.83. The number of benzene rings is 3. The van der Waals surface area contributed by atoms with Crippen LogP contribution in [0.25, 0.3) is 22.3 Å². The highest BCUT2D eigenvalue weighted by Gasteiger charge is 2.22. The Bertz CT molecular complexity index is 1280. The first-order chi connectivity index (χ1) is 26.1. The first kappa shape index (κ1) is 41.7. The van der Waals surface area contributed by atoms with Crippen molar-refractivity contribution in [3.8, 4) is 22.3 Å². The molecule has 0 unspecified atom stereocenters. The molecule has 0 heterocycles. The summed E-state index contributed by atoms with van der Waals surface area (Å²) in [7, 11) is 0. The lowest BCUT2D eigenvalue weighted by Crippen LogP contribution is -2.22. The van der Waals surface area contributed by atoms with Gasteiger partial charge in [-0.25, -0.2) is 4.39 Å². The number of rotatable bonds is 24. The fourth-order valence-corrected chi connectivity index (χ4v) is 8.83. The van der Waals surface area contributed by atoms with Crippen LogP contribution in [0.4, 0.5) is 4.39 Å². The molecular formula is C50H73FO2. The minimum Gasteiger partial charge on any atom is -0.378 e. The molecule has 0 radical (unpaired) electrons. The second-order valence-electron chi connectivity index (χ2n) is 16.8. The van der Waals surface area contributed by atoms with Crippen LogP contribution < -0.4 is 0 Å². The highest BCUT2D eigenvalue weighted by Crippen LogP contribution is 2.33. The van der Waals surface area contributed by atoms with Gasteiger partial charge < -0.3 is 9.47 Å². The molecule has 0 bridgehead atoms. The quantitative estimate of drug-likeness (QED) is 0.0857. The van der Waals surface area contributed by atoms with E-state index in [1.54, 1.807) is 12.1 Å². The van der Waals surface area contributed by atoms with Crippen molar-refractivity contribution in [2.24, 2.45) is 11.8 Å². The minimum atomic E-state index is -0.177. The maximum atomic E-state index is 14.9. The van der Waals surface area contributed by atoms with Gasteiger partial charge in [-0.05, 0) is 153 Å². The summed E-state index contributed by atoms with van der Waals surface area (Å²) in [6.45, 7) is 6.45. The van der Waals surface area contributed by atoms with Gasteiger partial charge in [-0.1, -0.05) is 127 Å². The molecule has 3 heteroatoms. The number of hydrogen-bond acceptors (Lipinski definition) is 2. The average molecular weight is 725 g/mol. The molecule has 0 saturated heterocycles. The van der Waals surface area contributed by atoms with Crippen molar-refractivity contribution in [3.05, 3.63) is 83.7 Å². The summed E-state index contributed by atoms with van der Waals surface area (Å²) in [5.41, 5.74) is 6.82. The summed E-state index contributed by atoms with van der Waals surface area (Å²) in [6, 6.07) is 23.2. The number of halogens is 1. The first-order valence-electron chi connectivity index (χ1n) is 22.3. The topological polar surface area (TPSA) is 18.5 Å². The third-order valence-electron chi connectivity index (χ3n) is 12.4. The second kappa shape index (κ2) is 24.1. The van der Waals surface area contributed by atoms with Crippen molar-refractivity contribution in [2.75, 3.05) is 13.2 Å². The zero-order chi connectivity index (χ0) is 36.9. The SMILES string of the molecule is CCCCCCCCOC1CCC(CCc2ccc(-c3cc(F)cc(-c4ccc(CCC5CCC(OCCCCCCCC)CC5)cc4)c3)cc2)CC1. The van der Waals surface area contributed by atoms with Crippen LogP contribution in [0, 0.1) is 17.7 Å². The van der Waals surface area contributed by atoms with Crippen LogP contribution in [0.5, 0.6) is 0 Å². The van der Waals surface area contributed by atoms with Gasteiger partial charge in [0.2, 0.25) is 0 Å². The molecule has 0 amide bonds. The number of aryl methyl sites for hydroxylation is 2. The van der Waals surface area contributed by atoms with Gasteiger partial charge in [-0.3, -0.25) is 0 Å². The Morgan fingerprint density at radius 2 is 0.830 bits per heavy atom. The van der Waals surface area contributed by atoms with Gasteiger partial charge in [0.1, 0.15) is 5.82 Å². The Kier molecular flexibility index (Phi) is 19.0. The van der Waals surface area contributed by atoms with E-state index in [0.717, 1.165) is 60.1 Å². The van der Waals surface area contributed by atoms with Crippen molar-refractivity contribution in [1.29, 1.82) is 0 Å². The summed E-state index contributed by atoms with van der Waals surface area (Å²) in [5.74, 6) is 1.43. The van der Waals surface area contributed by atoms with Gasteiger partial charge in [-0.2, -0.15) is 0 Å². The lowest BCUT2D eigenvalue weighted by Gasteiger charge is -2.28. The van der Waals surface area contributed by atoms with Crippen LogP contribution in [0.15, 0.2) is 66.7 Å². The summed E-state index contributed by atoms with van der Waals surface area (Å²) >= 11 is 0. The highest BCUT2D eigenvalue weighted by molar-refractivity contribution is 5.73. The number of hydrogen-bond donors (Lipinski definition) is 0. The Morgan fingerprint density at radius 3 is 1.23 bits per heavy atom. The largest absolute Gasteiger partial charge is 0.378 e. The summed E-state index contributed by atoms with van der Waals surface area (Å²) in [6.07, 6.45) is 31.7. The predicted molar refractivity (Wildman–Crippen MR) is 224 cm³/mol. The standard InChI is InChI=1S/C50H73FO2/c1-3-5-7-9-11-13-35-52-49-31-23-42(24-32-49)17-15-40-19-27-44(28-20-40)46-37-47(39-48(51)38-46)45-29-21-41(22-30-45)16-18-43-25-33-50(34-26-43)53-36-14-12-10-8-6-4-2/h19-22,27-30,37-39,42-43,49-50H,3-18,23-26,31-36H2,1-2H3. The molecule has 2 aliphatic carbocycles. The summed E-state index contributed by atoms with van der Waals surface area (Å²) < 4.78 is 27.4. The molecule has 2 fully saturated rings. The van der Waals surface area contributed by atoms with E-state index in [0.29, 0.717) is 12.2 Å². The van der Waals surface area contributed by atoms with Crippen LogP contribution in [-0.4, -0.2) is 25.4 Å². The van der Waals surface area contributed by atoms with Gasteiger partial charge in [0.25, 0.3) is 0 Å². The van der Waals surface area contributed by atoms with Crippen molar-refractivity contribution in [1.82, 2.24) is 0 Å². The van der Waals surface area contributed by atoms with Gasteiger partial charge in [0, 0.05) is 13.2 Å². The Balaban J connectivity index is 0.995. The molecule has 292 valence electrons. The van der Waals surface area contributed by atoms with Crippen LogP contribution >= 0.6 is 0 Å². The maximum absolute atomic E-state index is 14.9. The lowest BCUT2D eigenvalue weighted by atomic mass is 9.83. The van der Waals surface area contributed by atoms with Gasteiger partial charge in [-0.15, -0.1) is 0 Å². The van der Waals surface area contributed by atoms with Crippen molar-refractivity contribution in [2.45, 2.75) is 180 Å². The monoisotopic (exact) mass is 725 g/mol. The molecule has 0 spiro atoms.